The number of benzene rings is 2. The van der Waals surface area contributed by atoms with Crippen LogP contribution in [0.3, 0.4) is 0 Å². The Hall–Kier alpha value is -2.00. The maximum atomic E-state index is 10.5. The van der Waals surface area contributed by atoms with Crippen molar-refractivity contribution >= 4 is 0 Å². The molecule has 0 saturated heterocycles. The normalized spacial score (nSPS) is 11.2. The second-order valence-electron chi connectivity index (χ2n) is 6.05. The van der Waals surface area contributed by atoms with E-state index < -0.39 is 0 Å². The average Bonchev–Trinajstić information content (AvgIpc) is 2.44. The van der Waals surface area contributed by atoms with Gasteiger partial charge in [0.15, 0.2) is 0 Å². The van der Waals surface area contributed by atoms with Crippen LogP contribution in [0.4, 0.5) is 0 Å². The summed E-state index contributed by atoms with van der Waals surface area (Å²) in [5.74, 6) is 0.333. The molecule has 22 heavy (non-hydrogen) atoms. The number of aryl methyl sites for hydroxylation is 4. The molecule has 118 valence electrons. The zero-order valence-electron chi connectivity index (χ0n) is 13.9. The third kappa shape index (κ3) is 3.09. The first-order chi connectivity index (χ1) is 10.3. The second kappa shape index (κ2) is 6.41. The van der Waals surface area contributed by atoms with Crippen LogP contribution in [0.1, 0.15) is 39.3 Å². The van der Waals surface area contributed by atoms with Crippen LogP contribution < -0.4 is 0 Å². The van der Waals surface area contributed by atoms with Gasteiger partial charge in [-0.15, -0.1) is 0 Å². The number of rotatable bonds is 4. The number of hydrogen-bond donors (Lipinski definition) is 2. The molecule has 2 aromatic carbocycles. The van der Waals surface area contributed by atoms with E-state index in [1.807, 2.05) is 52.0 Å². The molecule has 3 heteroatoms. The van der Waals surface area contributed by atoms with Crippen molar-refractivity contribution in [2.24, 2.45) is 0 Å². The molecule has 0 radical (unpaired) electrons. The summed E-state index contributed by atoms with van der Waals surface area (Å²) in [6.45, 7) is 8.17. The van der Waals surface area contributed by atoms with Crippen LogP contribution in [0.5, 0.6) is 11.5 Å². The minimum absolute atomic E-state index is 0.206. The van der Waals surface area contributed by atoms with Crippen molar-refractivity contribution in [1.29, 1.82) is 0 Å². The number of aromatic hydroxyl groups is 2. The number of ether oxygens (including phenoxy) is 1. The molecule has 0 spiro atoms. The lowest BCUT2D eigenvalue weighted by Crippen LogP contribution is -2.10. The third-order valence-corrected chi connectivity index (χ3v) is 4.03. The van der Waals surface area contributed by atoms with E-state index in [2.05, 4.69) is 0 Å². The molecule has 0 aliphatic heterocycles. The number of phenols is 2. The molecule has 0 heterocycles. The zero-order valence-corrected chi connectivity index (χ0v) is 13.9. The van der Waals surface area contributed by atoms with Crippen molar-refractivity contribution < 1.29 is 14.9 Å². The van der Waals surface area contributed by atoms with Crippen molar-refractivity contribution in [1.82, 2.24) is 0 Å². The van der Waals surface area contributed by atoms with Crippen LogP contribution in [-0.4, -0.2) is 23.9 Å². The molecular weight excluding hydrogens is 276 g/mol. The van der Waals surface area contributed by atoms with E-state index in [9.17, 15) is 10.2 Å². The van der Waals surface area contributed by atoms with E-state index in [4.69, 9.17) is 4.74 Å². The second-order valence-corrected chi connectivity index (χ2v) is 6.05. The molecule has 3 nitrogen and oxygen atoms in total. The van der Waals surface area contributed by atoms with Gasteiger partial charge >= 0.3 is 0 Å². The maximum absolute atomic E-state index is 10.5. The Bertz CT molecular complexity index is 632. The summed E-state index contributed by atoms with van der Waals surface area (Å²) >= 11 is 0. The molecular formula is C19H24O3. The van der Waals surface area contributed by atoms with Crippen LogP contribution in [0.2, 0.25) is 0 Å². The van der Waals surface area contributed by atoms with Crippen LogP contribution in [-0.2, 0) is 4.74 Å². The quantitative estimate of drug-likeness (QED) is 0.893. The molecule has 2 aromatic rings. The summed E-state index contributed by atoms with van der Waals surface area (Å²) in [4.78, 5) is 0. The topological polar surface area (TPSA) is 49.7 Å². The molecule has 2 N–H and O–H groups in total. The summed E-state index contributed by atoms with van der Waals surface area (Å²) < 4.78 is 5.36. The minimum Gasteiger partial charge on any atom is -0.507 e. The molecule has 0 unspecified atom stereocenters. The largest absolute Gasteiger partial charge is 0.507 e. The van der Waals surface area contributed by atoms with Crippen LogP contribution >= 0.6 is 0 Å². The highest BCUT2D eigenvalue weighted by Crippen LogP contribution is 2.39. The van der Waals surface area contributed by atoms with Gasteiger partial charge in [0, 0.05) is 24.2 Å². The molecule has 0 atom stereocenters. The van der Waals surface area contributed by atoms with E-state index >= 15 is 0 Å². The molecule has 0 bridgehead atoms. The molecule has 0 aliphatic rings. The Morgan fingerprint density at radius 2 is 1.23 bits per heavy atom. The summed E-state index contributed by atoms with van der Waals surface area (Å²) in [6, 6.07) is 7.82. The van der Waals surface area contributed by atoms with E-state index in [0.717, 1.165) is 33.4 Å². The minimum atomic E-state index is -0.206. The van der Waals surface area contributed by atoms with Gasteiger partial charge in [-0.3, -0.25) is 0 Å². The van der Waals surface area contributed by atoms with E-state index in [-0.39, 0.29) is 17.4 Å². The van der Waals surface area contributed by atoms with Gasteiger partial charge in [-0.1, -0.05) is 35.4 Å². The van der Waals surface area contributed by atoms with Gasteiger partial charge in [-0.25, -0.2) is 0 Å². The molecule has 0 saturated carbocycles. The summed E-state index contributed by atoms with van der Waals surface area (Å²) in [5, 5.41) is 20.9. The van der Waals surface area contributed by atoms with Gasteiger partial charge < -0.3 is 14.9 Å². The lowest BCUT2D eigenvalue weighted by molar-refractivity contribution is 0.187. The number of hydrogen-bond acceptors (Lipinski definition) is 3. The summed E-state index contributed by atoms with van der Waals surface area (Å²) in [5.41, 5.74) is 5.41. The lowest BCUT2D eigenvalue weighted by atomic mass is 9.86. The predicted molar refractivity (Wildman–Crippen MR) is 88.9 cm³/mol. The van der Waals surface area contributed by atoms with E-state index in [1.165, 1.54) is 0 Å². The van der Waals surface area contributed by atoms with Crippen molar-refractivity contribution in [3.8, 4) is 11.5 Å². The fourth-order valence-electron chi connectivity index (χ4n) is 3.03. The lowest BCUT2D eigenvalue weighted by Gasteiger charge is -2.22. The van der Waals surface area contributed by atoms with Crippen molar-refractivity contribution in [3.05, 3.63) is 57.6 Å². The first-order valence-electron chi connectivity index (χ1n) is 7.44. The average molecular weight is 300 g/mol. The summed E-state index contributed by atoms with van der Waals surface area (Å²) in [6.07, 6.45) is 0. The smallest absolute Gasteiger partial charge is 0.122 e. The van der Waals surface area contributed by atoms with Crippen LogP contribution in [0, 0.1) is 27.7 Å². The van der Waals surface area contributed by atoms with Crippen molar-refractivity contribution in [2.45, 2.75) is 33.6 Å². The molecule has 0 fully saturated rings. The highest BCUT2D eigenvalue weighted by molar-refractivity contribution is 5.53. The fraction of sp³-hybridized carbons (Fsp3) is 0.368. The molecule has 0 aliphatic carbocycles. The van der Waals surface area contributed by atoms with Gasteiger partial charge in [0.05, 0.1) is 6.61 Å². The zero-order chi connectivity index (χ0) is 16.4. The van der Waals surface area contributed by atoms with Gasteiger partial charge in [0.25, 0.3) is 0 Å². The first-order valence-corrected chi connectivity index (χ1v) is 7.44. The van der Waals surface area contributed by atoms with Crippen molar-refractivity contribution in [2.75, 3.05) is 13.7 Å². The Morgan fingerprint density at radius 1 is 0.818 bits per heavy atom. The number of methoxy groups -OCH3 is 1. The monoisotopic (exact) mass is 300 g/mol. The van der Waals surface area contributed by atoms with Crippen LogP contribution in [0.15, 0.2) is 24.3 Å². The molecule has 2 rings (SSSR count). The van der Waals surface area contributed by atoms with Crippen LogP contribution in [0.25, 0.3) is 0 Å². The van der Waals surface area contributed by atoms with Crippen molar-refractivity contribution in [3.63, 3.8) is 0 Å². The highest BCUT2D eigenvalue weighted by atomic mass is 16.5. The Labute approximate surface area is 132 Å². The van der Waals surface area contributed by atoms with E-state index in [0.29, 0.717) is 6.61 Å². The molecule has 0 amide bonds. The Balaban J connectivity index is 2.66. The van der Waals surface area contributed by atoms with E-state index in [1.54, 1.807) is 7.11 Å². The third-order valence-electron chi connectivity index (χ3n) is 4.03. The molecule has 0 aromatic heterocycles. The Morgan fingerprint density at radius 3 is 1.59 bits per heavy atom. The van der Waals surface area contributed by atoms with Gasteiger partial charge in [0.2, 0.25) is 0 Å². The Kier molecular flexibility index (Phi) is 4.77. The van der Waals surface area contributed by atoms with Gasteiger partial charge in [0.1, 0.15) is 11.5 Å². The fourth-order valence-corrected chi connectivity index (χ4v) is 3.03. The number of phenolic OH excluding ortho intramolecular Hbond substituents is 2. The van der Waals surface area contributed by atoms with Gasteiger partial charge in [-0.05, 0) is 38.8 Å². The van der Waals surface area contributed by atoms with Gasteiger partial charge in [-0.2, -0.15) is 0 Å². The first kappa shape index (κ1) is 16.4. The maximum Gasteiger partial charge on any atom is 0.122 e. The SMILES string of the molecule is COCC(c1cc(C)cc(C)c1O)c1cc(C)cc(C)c1O. The standard InChI is InChI=1S/C19H24O3/c1-11-6-13(3)18(20)15(8-11)17(10-22-5)16-9-12(2)7-14(4)19(16)21/h6-9,17,20-21H,10H2,1-5H3. The highest BCUT2D eigenvalue weighted by Gasteiger charge is 2.23. The predicted octanol–water partition coefficient (Wildman–Crippen LogP) is 4.11. The summed E-state index contributed by atoms with van der Waals surface area (Å²) in [7, 11) is 1.63.